The zero-order valence-electron chi connectivity index (χ0n) is 15.8. The average Bonchev–Trinajstić information content (AvgIpc) is 2.68. The summed E-state index contributed by atoms with van der Waals surface area (Å²) in [6, 6.07) is 18.5. The standard InChI is InChI=1S/C22H31O3P/c1-2-3-4-5-6-7-8-15-20-24-26(23,22-18-13-10-14-19-22)25-21-16-11-9-12-17-21/h9-14,16-19H,2-8,15,20H2,1H3. The van der Waals surface area contributed by atoms with Crippen LogP contribution in [0.3, 0.4) is 0 Å². The van der Waals surface area contributed by atoms with E-state index in [9.17, 15) is 4.57 Å². The quantitative estimate of drug-likeness (QED) is 0.288. The van der Waals surface area contributed by atoms with Gasteiger partial charge in [-0.1, -0.05) is 88.3 Å². The van der Waals surface area contributed by atoms with E-state index in [1.807, 2.05) is 36.4 Å². The minimum Gasteiger partial charge on any atom is -0.421 e. The molecule has 26 heavy (non-hydrogen) atoms. The smallest absolute Gasteiger partial charge is 0.410 e. The van der Waals surface area contributed by atoms with Crippen LogP contribution in [0.15, 0.2) is 60.7 Å². The third kappa shape index (κ3) is 7.35. The molecular formula is C22H31O3P. The van der Waals surface area contributed by atoms with Gasteiger partial charge in [-0.05, 0) is 30.7 Å². The van der Waals surface area contributed by atoms with Crippen molar-refractivity contribution in [3.63, 3.8) is 0 Å². The fourth-order valence-corrected chi connectivity index (χ4v) is 4.42. The van der Waals surface area contributed by atoms with Gasteiger partial charge in [-0.25, -0.2) is 4.57 Å². The second-order valence-electron chi connectivity index (χ2n) is 6.55. The Morgan fingerprint density at radius 3 is 1.88 bits per heavy atom. The molecule has 0 spiro atoms. The molecule has 1 unspecified atom stereocenters. The van der Waals surface area contributed by atoms with Gasteiger partial charge >= 0.3 is 7.60 Å². The Hall–Kier alpha value is -1.57. The second-order valence-corrected chi connectivity index (χ2v) is 8.50. The van der Waals surface area contributed by atoms with Crippen molar-refractivity contribution >= 4 is 12.9 Å². The zero-order chi connectivity index (χ0) is 18.5. The van der Waals surface area contributed by atoms with E-state index in [1.54, 1.807) is 24.3 Å². The van der Waals surface area contributed by atoms with E-state index in [2.05, 4.69) is 6.92 Å². The molecule has 0 radical (unpaired) electrons. The van der Waals surface area contributed by atoms with Gasteiger partial charge in [-0.15, -0.1) is 0 Å². The summed E-state index contributed by atoms with van der Waals surface area (Å²) in [5.74, 6) is 0.565. The normalized spacial score (nSPS) is 13.3. The van der Waals surface area contributed by atoms with E-state index < -0.39 is 7.60 Å². The lowest BCUT2D eigenvalue weighted by atomic mass is 10.1. The van der Waals surface area contributed by atoms with Crippen LogP contribution in [0.4, 0.5) is 0 Å². The van der Waals surface area contributed by atoms with Crippen molar-refractivity contribution in [1.29, 1.82) is 0 Å². The van der Waals surface area contributed by atoms with Crippen LogP contribution in [0.1, 0.15) is 58.3 Å². The fraction of sp³-hybridized carbons (Fsp3) is 0.455. The lowest BCUT2D eigenvalue weighted by Gasteiger charge is -2.19. The molecule has 0 aliphatic carbocycles. The van der Waals surface area contributed by atoms with Crippen molar-refractivity contribution in [2.75, 3.05) is 6.61 Å². The molecule has 0 aromatic heterocycles. The maximum absolute atomic E-state index is 13.3. The van der Waals surface area contributed by atoms with Gasteiger partial charge < -0.3 is 4.52 Å². The molecule has 2 aromatic rings. The molecule has 0 saturated carbocycles. The maximum atomic E-state index is 13.3. The first-order chi connectivity index (χ1) is 12.7. The first kappa shape index (κ1) is 20.7. The Morgan fingerprint density at radius 2 is 1.27 bits per heavy atom. The molecule has 3 nitrogen and oxygen atoms in total. The lowest BCUT2D eigenvalue weighted by molar-refractivity contribution is 0.266. The number of hydrogen-bond donors (Lipinski definition) is 0. The van der Waals surface area contributed by atoms with Crippen molar-refractivity contribution < 1.29 is 13.6 Å². The highest BCUT2D eigenvalue weighted by Gasteiger charge is 2.28. The SMILES string of the molecule is CCCCCCCCCCOP(=O)(Oc1ccccc1)c1ccccc1. The highest BCUT2D eigenvalue weighted by Crippen LogP contribution is 2.47. The molecule has 0 fully saturated rings. The average molecular weight is 374 g/mol. The molecule has 0 heterocycles. The Kier molecular flexibility index (Phi) is 9.52. The van der Waals surface area contributed by atoms with Crippen LogP contribution in [0.5, 0.6) is 5.75 Å². The van der Waals surface area contributed by atoms with E-state index in [0.717, 1.165) is 12.8 Å². The molecular weight excluding hydrogens is 343 g/mol. The van der Waals surface area contributed by atoms with Crippen LogP contribution < -0.4 is 9.83 Å². The molecule has 1 atom stereocenters. The van der Waals surface area contributed by atoms with Gasteiger partial charge in [0.25, 0.3) is 0 Å². The Balaban J connectivity index is 1.83. The molecule has 0 bridgehead atoms. The van der Waals surface area contributed by atoms with Crippen molar-refractivity contribution in [3.05, 3.63) is 60.7 Å². The van der Waals surface area contributed by atoms with Gasteiger partial charge in [0.05, 0.1) is 11.9 Å². The van der Waals surface area contributed by atoms with Crippen molar-refractivity contribution in [1.82, 2.24) is 0 Å². The van der Waals surface area contributed by atoms with Gasteiger partial charge in [0.1, 0.15) is 5.75 Å². The predicted octanol–water partition coefficient (Wildman–Crippen LogP) is 6.74. The Morgan fingerprint density at radius 1 is 0.731 bits per heavy atom. The van der Waals surface area contributed by atoms with E-state index >= 15 is 0 Å². The summed E-state index contributed by atoms with van der Waals surface area (Å²) in [4.78, 5) is 0. The van der Waals surface area contributed by atoms with E-state index in [-0.39, 0.29) is 0 Å². The van der Waals surface area contributed by atoms with E-state index in [1.165, 1.54) is 38.5 Å². The van der Waals surface area contributed by atoms with Gasteiger partial charge in [-0.3, -0.25) is 4.52 Å². The van der Waals surface area contributed by atoms with Crippen molar-refractivity contribution in [2.24, 2.45) is 0 Å². The molecule has 0 aliphatic heterocycles. The summed E-state index contributed by atoms with van der Waals surface area (Å²) in [6.07, 6.45) is 9.76. The first-order valence-electron chi connectivity index (χ1n) is 9.79. The third-order valence-corrected chi connectivity index (χ3v) is 6.20. The fourth-order valence-electron chi connectivity index (χ4n) is 2.80. The van der Waals surface area contributed by atoms with Gasteiger partial charge in [0.15, 0.2) is 0 Å². The number of benzene rings is 2. The first-order valence-corrected chi connectivity index (χ1v) is 11.3. The largest absolute Gasteiger partial charge is 0.421 e. The zero-order valence-corrected chi connectivity index (χ0v) is 16.7. The molecule has 142 valence electrons. The highest BCUT2D eigenvalue weighted by atomic mass is 31.2. The Labute approximate surface area is 158 Å². The number of rotatable bonds is 13. The topological polar surface area (TPSA) is 35.5 Å². The van der Waals surface area contributed by atoms with Crippen molar-refractivity contribution in [2.45, 2.75) is 58.3 Å². The lowest BCUT2D eigenvalue weighted by Crippen LogP contribution is -2.13. The molecule has 0 saturated heterocycles. The highest BCUT2D eigenvalue weighted by molar-refractivity contribution is 7.62. The van der Waals surface area contributed by atoms with E-state index in [4.69, 9.17) is 9.05 Å². The molecule has 0 N–H and O–H groups in total. The monoisotopic (exact) mass is 374 g/mol. The van der Waals surface area contributed by atoms with Crippen LogP contribution >= 0.6 is 7.60 Å². The van der Waals surface area contributed by atoms with Gasteiger partial charge in [0.2, 0.25) is 0 Å². The number of hydrogen-bond acceptors (Lipinski definition) is 3. The molecule has 2 rings (SSSR count). The van der Waals surface area contributed by atoms with E-state index in [0.29, 0.717) is 17.7 Å². The van der Waals surface area contributed by atoms with Crippen LogP contribution in [0, 0.1) is 0 Å². The molecule has 0 aliphatic rings. The second kappa shape index (κ2) is 11.9. The maximum Gasteiger partial charge on any atom is 0.410 e. The summed E-state index contributed by atoms with van der Waals surface area (Å²) in [7, 11) is -3.36. The summed E-state index contributed by atoms with van der Waals surface area (Å²) in [5, 5.41) is 0.600. The molecule has 0 amide bonds. The predicted molar refractivity (Wildman–Crippen MR) is 109 cm³/mol. The molecule has 2 aromatic carbocycles. The van der Waals surface area contributed by atoms with Gasteiger partial charge in [0, 0.05) is 0 Å². The van der Waals surface area contributed by atoms with Crippen LogP contribution in [0.25, 0.3) is 0 Å². The minimum atomic E-state index is -3.36. The Bertz CT molecular complexity index is 643. The van der Waals surface area contributed by atoms with Crippen LogP contribution in [0.2, 0.25) is 0 Å². The molecule has 4 heteroatoms. The minimum absolute atomic E-state index is 0.452. The number of para-hydroxylation sites is 1. The summed E-state index contributed by atoms with van der Waals surface area (Å²) in [6.45, 7) is 2.69. The summed E-state index contributed by atoms with van der Waals surface area (Å²) >= 11 is 0. The van der Waals surface area contributed by atoms with Crippen LogP contribution in [-0.2, 0) is 9.09 Å². The summed E-state index contributed by atoms with van der Waals surface area (Å²) < 4.78 is 24.9. The summed E-state index contributed by atoms with van der Waals surface area (Å²) in [5.41, 5.74) is 0. The third-order valence-electron chi connectivity index (χ3n) is 4.30. The van der Waals surface area contributed by atoms with Crippen LogP contribution in [-0.4, -0.2) is 6.61 Å². The van der Waals surface area contributed by atoms with Gasteiger partial charge in [-0.2, -0.15) is 0 Å². The van der Waals surface area contributed by atoms with Crippen molar-refractivity contribution in [3.8, 4) is 5.75 Å². The number of unbranched alkanes of at least 4 members (excludes halogenated alkanes) is 7.